The van der Waals surface area contributed by atoms with E-state index in [1.807, 2.05) is 29.2 Å². The SMILES string of the molecule is COc1ccc(C(=O)N2CCN(Cc3c(C)[nH]c4ccccc34)CC2)cc1. The first-order chi connectivity index (χ1) is 13.2. The van der Waals surface area contributed by atoms with Crippen LogP contribution < -0.4 is 4.74 Å². The van der Waals surface area contributed by atoms with Gasteiger partial charge in [-0.2, -0.15) is 0 Å². The van der Waals surface area contributed by atoms with Crippen molar-refractivity contribution in [2.24, 2.45) is 0 Å². The smallest absolute Gasteiger partial charge is 0.253 e. The van der Waals surface area contributed by atoms with E-state index in [1.165, 1.54) is 22.2 Å². The van der Waals surface area contributed by atoms with Gasteiger partial charge in [0, 0.05) is 54.9 Å². The number of methoxy groups -OCH3 is 1. The van der Waals surface area contributed by atoms with Gasteiger partial charge in [0.05, 0.1) is 7.11 Å². The number of nitrogens with zero attached hydrogens (tertiary/aromatic N) is 2. The number of carbonyl (C=O) groups excluding carboxylic acids is 1. The lowest BCUT2D eigenvalue weighted by molar-refractivity contribution is 0.0628. The summed E-state index contributed by atoms with van der Waals surface area (Å²) >= 11 is 0. The van der Waals surface area contributed by atoms with Crippen LogP contribution in [0.25, 0.3) is 10.9 Å². The average molecular weight is 363 g/mol. The number of aryl methyl sites for hydroxylation is 1. The summed E-state index contributed by atoms with van der Waals surface area (Å²) in [5.41, 5.74) is 4.50. The second-order valence-corrected chi connectivity index (χ2v) is 7.07. The van der Waals surface area contributed by atoms with Crippen molar-refractivity contribution in [1.29, 1.82) is 0 Å². The standard InChI is InChI=1S/C22H25N3O2/c1-16-20(19-5-3-4-6-21(19)23-16)15-24-11-13-25(14-12-24)22(26)17-7-9-18(27-2)10-8-17/h3-10,23H,11-15H2,1-2H3. The third-order valence-corrected chi connectivity index (χ3v) is 5.41. The van der Waals surface area contributed by atoms with Crippen LogP contribution in [0.15, 0.2) is 48.5 Å². The molecule has 0 spiro atoms. The molecular weight excluding hydrogens is 338 g/mol. The lowest BCUT2D eigenvalue weighted by Gasteiger charge is -2.35. The van der Waals surface area contributed by atoms with Crippen LogP contribution in [0.1, 0.15) is 21.6 Å². The molecule has 1 saturated heterocycles. The number of rotatable bonds is 4. The monoisotopic (exact) mass is 363 g/mol. The van der Waals surface area contributed by atoms with Crippen molar-refractivity contribution >= 4 is 16.8 Å². The largest absolute Gasteiger partial charge is 0.497 e. The minimum Gasteiger partial charge on any atom is -0.497 e. The van der Waals surface area contributed by atoms with E-state index in [-0.39, 0.29) is 5.91 Å². The number of aromatic nitrogens is 1. The lowest BCUT2D eigenvalue weighted by atomic mass is 10.1. The number of benzene rings is 2. The number of H-pyrrole nitrogens is 1. The molecule has 1 fully saturated rings. The predicted molar refractivity (Wildman–Crippen MR) is 107 cm³/mol. The van der Waals surface area contributed by atoms with Crippen molar-refractivity contribution in [2.45, 2.75) is 13.5 Å². The maximum atomic E-state index is 12.7. The molecule has 5 heteroatoms. The van der Waals surface area contributed by atoms with Gasteiger partial charge in [-0.25, -0.2) is 0 Å². The number of amides is 1. The van der Waals surface area contributed by atoms with Gasteiger partial charge in [-0.05, 0) is 42.8 Å². The number of carbonyl (C=O) groups is 1. The minimum absolute atomic E-state index is 0.0978. The van der Waals surface area contributed by atoms with E-state index in [9.17, 15) is 4.79 Å². The third kappa shape index (κ3) is 3.55. The zero-order chi connectivity index (χ0) is 18.8. The maximum absolute atomic E-state index is 12.7. The number of hydrogen-bond acceptors (Lipinski definition) is 3. The molecule has 1 aromatic heterocycles. The van der Waals surface area contributed by atoms with Gasteiger partial charge in [0.2, 0.25) is 0 Å². The van der Waals surface area contributed by atoms with E-state index in [1.54, 1.807) is 7.11 Å². The zero-order valence-electron chi connectivity index (χ0n) is 15.9. The molecule has 2 aromatic carbocycles. The first kappa shape index (κ1) is 17.6. The molecule has 140 valence electrons. The number of aromatic amines is 1. The summed E-state index contributed by atoms with van der Waals surface area (Å²) in [5, 5.41) is 1.30. The van der Waals surface area contributed by atoms with E-state index in [0.29, 0.717) is 0 Å². The molecule has 27 heavy (non-hydrogen) atoms. The summed E-state index contributed by atoms with van der Waals surface area (Å²) < 4.78 is 5.16. The van der Waals surface area contributed by atoms with Gasteiger partial charge in [0.25, 0.3) is 5.91 Å². The number of ether oxygens (including phenoxy) is 1. The molecule has 2 heterocycles. The first-order valence-electron chi connectivity index (χ1n) is 9.37. The first-order valence-corrected chi connectivity index (χ1v) is 9.37. The Bertz CT molecular complexity index is 938. The minimum atomic E-state index is 0.0978. The maximum Gasteiger partial charge on any atom is 0.253 e. The highest BCUT2D eigenvalue weighted by molar-refractivity contribution is 5.94. The molecule has 0 atom stereocenters. The molecule has 0 aliphatic carbocycles. The molecule has 3 aromatic rings. The molecular formula is C22H25N3O2. The molecule has 1 aliphatic rings. The van der Waals surface area contributed by atoms with Crippen molar-refractivity contribution < 1.29 is 9.53 Å². The van der Waals surface area contributed by atoms with Gasteiger partial charge >= 0.3 is 0 Å². The Morgan fingerprint density at radius 2 is 1.74 bits per heavy atom. The summed E-state index contributed by atoms with van der Waals surface area (Å²) in [6, 6.07) is 15.8. The van der Waals surface area contributed by atoms with Crippen LogP contribution in [0.4, 0.5) is 0 Å². The van der Waals surface area contributed by atoms with E-state index >= 15 is 0 Å². The number of para-hydroxylation sites is 1. The van der Waals surface area contributed by atoms with Crippen molar-refractivity contribution in [2.75, 3.05) is 33.3 Å². The average Bonchev–Trinajstić information content (AvgIpc) is 3.03. The van der Waals surface area contributed by atoms with Crippen molar-refractivity contribution in [3.63, 3.8) is 0 Å². The molecule has 1 amide bonds. The molecule has 0 unspecified atom stereocenters. The molecule has 0 bridgehead atoms. The van der Waals surface area contributed by atoms with Crippen LogP contribution in [-0.4, -0.2) is 54.0 Å². The van der Waals surface area contributed by atoms with Gasteiger partial charge in [-0.3, -0.25) is 9.69 Å². The Morgan fingerprint density at radius 3 is 2.44 bits per heavy atom. The number of nitrogens with one attached hydrogen (secondary N) is 1. The Kier molecular flexibility index (Phi) is 4.86. The highest BCUT2D eigenvalue weighted by Gasteiger charge is 2.23. The number of hydrogen-bond donors (Lipinski definition) is 1. The zero-order valence-corrected chi connectivity index (χ0v) is 15.9. The normalized spacial score (nSPS) is 15.3. The van der Waals surface area contributed by atoms with Crippen LogP contribution in [-0.2, 0) is 6.54 Å². The van der Waals surface area contributed by atoms with E-state index in [0.717, 1.165) is 44.0 Å². The number of piperazine rings is 1. The lowest BCUT2D eigenvalue weighted by Crippen LogP contribution is -2.48. The van der Waals surface area contributed by atoms with E-state index in [4.69, 9.17) is 4.74 Å². The topological polar surface area (TPSA) is 48.6 Å². The van der Waals surface area contributed by atoms with Crippen LogP contribution >= 0.6 is 0 Å². The third-order valence-electron chi connectivity index (χ3n) is 5.41. The molecule has 5 nitrogen and oxygen atoms in total. The fourth-order valence-corrected chi connectivity index (χ4v) is 3.79. The molecule has 0 radical (unpaired) electrons. The Morgan fingerprint density at radius 1 is 1.04 bits per heavy atom. The van der Waals surface area contributed by atoms with Crippen LogP contribution in [0.3, 0.4) is 0 Å². The quantitative estimate of drug-likeness (QED) is 0.772. The van der Waals surface area contributed by atoms with Crippen LogP contribution in [0.5, 0.6) is 5.75 Å². The summed E-state index contributed by atoms with van der Waals surface area (Å²) in [4.78, 5) is 20.6. The summed E-state index contributed by atoms with van der Waals surface area (Å²) in [7, 11) is 1.63. The van der Waals surface area contributed by atoms with Gasteiger partial charge < -0.3 is 14.6 Å². The molecule has 1 aliphatic heterocycles. The summed E-state index contributed by atoms with van der Waals surface area (Å²) in [6.07, 6.45) is 0. The fourth-order valence-electron chi connectivity index (χ4n) is 3.79. The second kappa shape index (κ2) is 7.45. The Labute approximate surface area is 159 Å². The molecule has 0 saturated carbocycles. The highest BCUT2D eigenvalue weighted by atomic mass is 16.5. The van der Waals surface area contributed by atoms with Crippen molar-refractivity contribution in [3.05, 3.63) is 65.4 Å². The van der Waals surface area contributed by atoms with Crippen LogP contribution in [0, 0.1) is 6.92 Å². The van der Waals surface area contributed by atoms with E-state index < -0.39 is 0 Å². The fraction of sp³-hybridized carbons (Fsp3) is 0.318. The Balaban J connectivity index is 1.39. The van der Waals surface area contributed by atoms with Gasteiger partial charge in [0.1, 0.15) is 5.75 Å². The van der Waals surface area contributed by atoms with Gasteiger partial charge in [-0.1, -0.05) is 18.2 Å². The summed E-state index contributed by atoms with van der Waals surface area (Å²) in [6.45, 7) is 6.35. The Hall–Kier alpha value is -2.79. The van der Waals surface area contributed by atoms with Gasteiger partial charge in [-0.15, -0.1) is 0 Å². The predicted octanol–water partition coefficient (Wildman–Crippen LogP) is 3.44. The number of fused-ring (bicyclic) bond motifs is 1. The van der Waals surface area contributed by atoms with Crippen LogP contribution in [0.2, 0.25) is 0 Å². The van der Waals surface area contributed by atoms with E-state index in [2.05, 4.69) is 41.1 Å². The molecule has 1 N–H and O–H groups in total. The van der Waals surface area contributed by atoms with Crippen molar-refractivity contribution in [1.82, 2.24) is 14.8 Å². The van der Waals surface area contributed by atoms with Crippen molar-refractivity contribution in [3.8, 4) is 5.75 Å². The second-order valence-electron chi connectivity index (χ2n) is 7.07. The highest BCUT2D eigenvalue weighted by Crippen LogP contribution is 2.24. The summed E-state index contributed by atoms with van der Waals surface area (Å²) in [5.74, 6) is 0.867. The molecule has 4 rings (SSSR count). The van der Waals surface area contributed by atoms with Gasteiger partial charge in [0.15, 0.2) is 0 Å².